The summed E-state index contributed by atoms with van der Waals surface area (Å²) in [5.74, 6) is 0.674. The highest BCUT2D eigenvalue weighted by molar-refractivity contribution is 7.14. The van der Waals surface area contributed by atoms with Crippen LogP contribution in [0.25, 0.3) is 10.7 Å². The number of morpholine rings is 1. The van der Waals surface area contributed by atoms with Crippen LogP contribution in [0.4, 0.5) is 9.93 Å². The Bertz CT molecular complexity index is 666. The Hall–Kier alpha value is -1.51. The van der Waals surface area contributed by atoms with Crippen LogP contribution in [0.5, 0.6) is 0 Å². The zero-order valence-electron chi connectivity index (χ0n) is 11.9. The molecule has 0 atom stereocenters. The average Bonchev–Trinajstić information content (AvgIpc) is 3.16. The maximum atomic E-state index is 12.4. The molecule has 22 heavy (non-hydrogen) atoms. The van der Waals surface area contributed by atoms with E-state index in [-0.39, 0.29) is 11.6 Å². The van der Waals surface area contributed by atoms with E-state index in [1.807, 2.05) is 22.4 Å². The molecule has 0 unspecified atom stereocenters. The van der Waals surface area contributed by atoms with E-state index in [4.69, 9.17) is 4.74 Å². The molecule has 1 saturated carbocycles. The molecule has 0 radical (unpaired) electrons. The van der Waals surface area contributed by atoms with Crippen LogP contribution in [0.1, 0.15) is 19.3 Å². The molecule has 2 fully saturated rings. The van der Waals surface area contributed by atoms with Gasteiger partial charge in [-0.25, -0.2) is 4.79 Å². The van der Waals surface area contributed by atoms with E-state index in [0.29, 0.717) is 30.7 Å². The van der Waals surface area contributed by atoms with Gasteiger partial charge in [-0.3, -0.25) is 5.32 Å². The number of thiophene rings is 1. The Morgan fingerprint density at radius 2 is 2.36 bits per heavy atom. The van der Waals surface area contributed by atoms with Gasteiger partial charge in [-0.1, -0.05) is 6.07 Å². The summed E-state index contributed by atoms with van der Waals surface area (Å²) in [7, 11) is 0. The van der Waals surface area contributed by atoms with Crippen LogP contribution in [0.3, 0.4) is 0 Å². The van der Waals surface area contributed by atoms with E-state index >= 15 is 0 Å². The predicted molar refractivity (Wildman–Crippen MR) is 86.3 cm³/mol. The molecule has 3 heterocycles. The monoisotopic (exact) mass is 336 g/mol. The van der Waals surface area contributed by atoms with Gasteiger partial charge in [0, 0.05) is 18.1 Å². The standard InChI is InChI=1S/C14H16N4O2S2/c19-13(18-6-7-20-14(9-18)4-2-5-14)16-12-15-11(17-22-12)10-3-1-8-21-10/h1,3,8H,2,4-7,9H2,(H,15,16,17,19). The number of urea groups is 1. The number of rotatable bonds is 2. The van der Waals surface area contributed by atoms with E-state index in [0.717, 1.165) is 17.7 Å². The molecule has 2 amide bonds. The molecule has 1 aliphatic carbocycles. The van der Waals surface area contributed by atoms with Crippen LogP contribution in [-0.2, 0) is 4.74 Å². The molecule has 4 rings (SSSR count). The summed E-state index contributed by atoms with van der Waals surface area (Å²) in [5.41, 5.74) is -0.0845. The molecule has 2 aromatic rings. The molecule has 2 aliphatic rings. The van der Waals surface area contributed by atoms with Crippen molar-refractivity contribution in [3.8, 4) is 10.7 Å². The van der Waals surface area contributed by atoms with E-state index < -0.39 is 0 Å². The minimum absolute atomic E-state index is 0.0845. The third-order valence-electron chi connectivity index (χ3n) is 4.18. The summed E-state index contributed by atoms with van der Waals surface area (Å²) < 4.78 is 10.1. The van der Waals surface area contributed by atoms with Crippen molar-refractivity contribution in [2.24, 2.45) is 0 Å². The molecule has 1 spiro atoms. The number of nitrogens with zero attached hydrogens (tertiary/aromatic N) is 3. The van der Waals surface area contributed by atoms with Crippen molar-refractivity contribution in [2.45, 2.75) is 24.9 Å². The first kappa shape index (κ1) is 14.1. The molecule has 1 N–H and O–H groups in total. The van der Waals surface area contributed by atoms with E-state index in [2.05, 4.69) is 14.7 Å². The molecule has 1 aliphatic heterocycles. The van der Waals surface area contributed by atoms with Gasteiger partial charge in [0.2, 0.25) is 5.13 Å². The molecule has 6 nitrogen and oxygen atoms in total. The van der Waals surface area contributed by atoms with Gasteiger partial charge in [0.15, 0.2) is 5.82 Å². The second-order valence-electron chi connectivity index (χ2n) is 5.64. The number of anilines is 1. The number of amides is 2. The summed E-state index contributed by atoms with van der Waals surface area (Å²) in [5, 5.41) is 5.39. The van der Waals surface area contributed by atoms with Crippen LogP contribution >= 0.6 is 22.9 Å². The number of carbonyl (C=O) groups excluding carboxylic acids is 1. The van der Waals surface area contributed by atoms with Crippen LogP contribution in [0, 0.1) is 0 Å². The Balaban J connectivity index is 1.41. The Morgan fingerprint density at radius 3 is 3.09 bits per heavy atom. The normalized spacial score (nSPS) is 19.9. The van der Waals surface area contributed by atoms with Gasteiger partial charge >= 0.3 is 6.03 Å². The smallest absolute Gasteiger partial charge is 0.323 e. The quantitative estimate of drug-likeness (QED) is 0.915. The lowest BCUT2D eigenvalue weighted by atomic mass is 9.79. The van der Waals surface area contributed by atoms with Gasteiger partial charge < -0.3 is 9.64 Å². The predicted octanol–water partition coefficient (Wildman–Crippen LogP) is 3.05. The zero-order chi connectivity index (χ0) is 15.0. The Morgan fingerprint density at radius 1 is 1.45 bits per heavy atom. The van der Waals surface area contributed by atoms with Crippen LogP contribution in [-0.4, -0.2) is 45.6 Å². The lowest BCUT2D eigenvalue weighted by Crippen LogP contribution is -2.57. The van der Waals surface area contributed by atoms with Gasteiger partial charge in [-0.05, 0) is 30.7 Å². The molecular weight excluding hydrogens is 320 g/mol. The highest BCUT2D eigenvalue weighted by atomic mass is 32.1. The fourth-order valence-corrected chi connectivity index (χ4v) is 4.13. The second kappa shape index (κ2) is 5.60. The zero-order valence-corrected chi connectivity index (χ0v) is 13.6. The summed E-state index contributed by atoms with van der Waals surface area (Å²) in [6.45, 7) is 1.92. The SMILES string of the molecule is O=C(Nc1nc(-c2cccs2)ns1)N1CCOC2(CCC2)C1. The largest absolute Gasteiger partial charge is 0.371 e. The first-order chi connectivity index (χ1) is 10.7. The summed E-state index contributed by atoms with van der Waals surface area (Å²) in [6.07, 6.45) is 3.30. The maximum Gasteiger partial charge on any atom is 0.323 e. The lowest BCUT2D eigenvalue weighted by molar-refractivity contribution is -0.140. The number of hydrogen-bond acceptors (Lipinski definition) is 6. The van der Waals surface area contributed by atoms with Gasteiger partial charge in [0.1, 0.15) is 0 Å². The molecule has 2 aromatic heterocycles. The van der Waals surface area contributed by atoms with Crippen molar-refractivity contribution in [2.75, 3.05) is 25.0 Å². The van der Waals surface area contributed by atoms with Gasteiger partial charge in [-0.2, -0.15) is 9.36 Å². The third kappa shape index (κ3) is 2.62. The molecule has 8 heteroatoms. The van der Waals surface area contributed by atoms with Crippen molar-refractivity contribution < 1.29 is 9.53 Å². The van der Waals surface area contributed by atoms with E-state index in [1.54, 1.807) is 11.3 Å². The van der Waals surface area contributed by atoms with Crippen molar-refractivity contribution in [3.63, 3.8) is 0 Å². The Labute approximate surface area is 136 Å². The molecule has 116 valence electrons. The fourth-order valence-electron chi connectivity index (χ4n) is 2.84. The maximum absolute atomic E-state index is 12.4. The first-order valence-electron chi connectivity index (χ1n) is 7.32. The number of carbonyl (C=O) groups is 1. The first-order valence-corrected chi connectivity index (χ1v) is 8.97. The summed E-state index contributed by atoms with van der Waals surface area (Å²) >= 11 is 2.80. The average molecular weight is 336 g/mol. The highest BCUT2D eigenvalue weighted by Crippen LogP contribution is 2.38. The van der Waals surface area contributed by atoms with Crippen molar-refractivity contribution >= 4 is 34.0 Å². The number of hydrogen-bond donors (Lipinski definition) is 1. The van der Waals surface area contributed by atoms with Crippen LogP contribution in [0.2, 0.25) is 0 Å². The second-order valence-corrected chi connectivity index (χ2v) is 7.34. The minimum atomic E-state index is -0.108. The minimum Gasteiger partial charge on any atom is -0.371 e. The number of nitrogens with one attached hydrogen (secondary N) is 1. The van der Waals surface area contributed by atoms with Crippen molar-refractivity contribution in [3.05, 3.63) is 17.5 Å². The van der Waals surface area contributed by atoms with Crippen molar-refractivity contribution in [1.82, 2.24) is 14.3 Å². The number of ether oxygens (including phenoxy) is 1. The summed E-state index contributed by atoms with van der Waals surface area (Å²) in [4.78, 5) is 19.6. The van der Waals surface area contributed by atoms with Gasteiger partial charge in [0.05, 0.1) is 23.6 Å². The topological polar surface area (TPSA) is 67.4 Å². The molecule has 0 aromatic carbocycles. The van der Waals surface area contributed by atoms with Crippen molar-refractivity contribution in [1.29, 1.82) is 0 Å². The van der Waals surface area contributed by atoms with Gasteiger partial charge in [0.25, 0.3) is 0 Å². The van der Waals surface area contributed by atoms with Crippen LogP contribution in [0.15, 0.2) is 17.5 Å². The molecular formula is C14H16N4O2S2. The molecule has 1 saturated heterocycles. The Kier molecular flexibility index (Phi) is 3.59. The van der Waals surface area contributed by atoms with Gasteiger partial charge in [-0.15, -0.1) is 11.3 Å². The highest BCUT2D eigenvalue weighted by Gasteiger charge is 2.43. The summed E-state index contributed by atoms with van der Waals surface area (Å²) in [6, 6.07) is 3.83. The van der Waals surface area contributed by atoms with E-state index in [9.17, 15) is 4.79 Å². The fraction of sp³-hybridized carbons (Fsp3) is 0.500. The molecule has 0 bridgehead atoms. The number of aromatic nitrogens is 2. The third-order valence-corrected chi connectivity index (χ3v) is 5.68. The van der Waals surface area contributed by atoms with E-state index in [1.165, 1.54) is 18.0 Å². The lowest BCUT2D eigenvalue weighted by Gasteiger charge is -2.48. The van der Waals surface area contributed by atoms with Crippen LogP contribution < -0.4 is 5.32 Å².